The van der Waals surface area contributed by atoms with E-state index in [1.807, 2.05) is 6.20 Å². The second-order valence-electron chi connectivity index (χ2n) is 4.58. The molecule has 0 saturated heterocycles. The van der Waals surface area contributed by atoms with Gasteiger partial charge in [0.1, 0.15) is 0 Å². The number of aryl methyl sites for hydroxylation is 1. The number of rotatable bonds is 0. The van der Waals surface area contributed by atoms with Gasteiger partial charge in [0.25, 0.3) is 0 Å². The molecule has 2 rings (SSSR count). The molecule has 2 heterocycles. The summed E-state index contributed by atoms with van der Waals surface area (Å²) < 4.78 is 2.15. The van der Waals surface area contributed by atoms with Gasteiger partial charge >= 0.3 is 0 Å². The minimum absolute atomic E-state index is 0.262. The van der Waals surface area contributed by atoms with Crippen molar-refractivity contribution in [1.82, 2.24) is 9.78 Å². The average molecular weight is 164 g/mol. The van der Waals surface area contributed by atoms with Gasteiger partial charge in [-0.1, -0.05) is 20.8 Å². The largest absolute Gasteiger partial charge is 0.269 e. The van der Waals surface area contributed by atoms with Crippen LogP contribution in [0.5, 0.6) is 0 Å². The molecule has 0 spiro atoms. The first kappa shape index (κ1) is 7.84. The zero-order valence-electron chi connectivity index (χ0n) is 8.09. The van der Waals surface area contributed by atoms with Crippen LogP contribution < -0.4 is 0 Å². The monoisotopic (exact) mass is 164 g/mol. The third-order valence-electron chi connectivity index (χ3n) is 2.54. The van der Waals surface area contributed by atoms with E-state index in [9.17, 15) is 0 Å². The van der Waals surface area contributed by atoms with Gasteiger partial charge in [0.05, 0.1) is 6.20 Å². The SMILES string of the molecule is CC(C)(C)c1cnn2c1CCC2. The van der Waals surface area contributed by atoms with Crippen LogP contribution in [0.4, 0.5) is 0 Å². The van der Waals surface area contributed by atoms with E-state index in [0.29, 0.717) is 0 Å². The fourth-order valence-electron chi connectivity index (χ4n) is 1.89. The zero-order valence-corrected chi connectivity index (χ0v) is 8.09. The molecule has 0 N–H and O–H groups in total. The Morgan fingerprint density at radius 1 is 1.42 bits per heavy atom. The Kier molecular flexibility index (Phi) is 1.53. The van der Waals surface area contributed by atoms with Crippen LogP contribution in [0.15, 0.2) is 6.20 Å². The van der Waals surface area contributed by atoms with Gasteiger partial charge in [0.15, 0.2) is 0 Å². The van der Waals surface area contributed by atoms with Gasteiger partial charge in [-0.15, -0.1) is 0 Å². The van der Waals surface area contributed by atoms with Crippen molar-refractivity contribution in [2.24, 2.45) is 0 Å². The number of hydrogen-bond acceptors (Lipinski definition) is 1. The van der Waals surface area contributed by atoms with Gasteiger partial charge in [-0.2, -0.15) is 5.10 Å². The highest BCUT2D eigenvalue weighted by molar-refractivity contribution is 5.27. The Hall–Kier alpha value is -0.790. The summed E-state index contributed by atoms with van der Waals surface area (Å²) in [6.45, 7) is 7.88. The molecule has 0 atom stereocenters. The van der Waals surface area contributed by atoms with Crippen molar-refractivity contribution < 1.29 is 0 Å². The maximum atomic E-state index is 4.38. The Morgan fingerprint density at radius 3 is 2.83 bits per heavy atom. The molecular formula is C10H16N2. The van der Waals surface area contributed by atoms with Gasteiger partial charge in [0, 0.05) is 12.2 Å². The molecule has 0 fully saturated rings. The summed E-state index contributed by atoms with van der Waals surface area (Å²) in [6, 6.07) is 0. The second kappa shape index (κ2) is 2.35. The lowest BCUT2D eigenvalue weighted by Crippen LogP contribution is -2.12. The van der Waals surface area contributed by atoms with E-state index in [2.05, 4.69) is 30.6 Å². The summed E-state index contributed by atoms with van der Waals surface area (Å²) in [6.07, 6.45) is 4.52. The molecule has 0 bridgehead atoms. The molecule has 1 aliphatic heterocycles. The van der Waals surface area contributed by atoms with Crippen LogP contribution in [0, 0.1) is 0 Å². The third-order valence-corrected chi connectivity index (χ3v) is 2.54. The first-order valence-corrected chi connectivity index (χ1v) is 4.64. The number of fused-ring (bicyclic) bond motifs is 1. The molecule has 0 amide bonds. The van der Waals surface area contributed by atoms with Crippen LogP contribution in [0.25, 0.3) is 0 Å². The summed E-state index contributed by atoms with van der Waals surface area (Å²) in [5, 5.41) is 4.38. The first-order valence-electron chi connectivity index (χ1n) is 4.64. The Bertz CT molecular complexity index is 291. The van der Waals surface area contributed by atoms with Crippen LogP contribution in [-0.4, -0.2) is 9.78 Å². The van der Waals surface area contributed by atoms with Crippen LogP contribution >= 0.6 is 0 Å². The lowest BCUT2D eigenvalue weighted by molar-refractivity contribution is 0.583. The lowest BCUT2D eigenvalue weighted by Gasteiger charge is -2.17. The first-order chi connectivity index (χ1) is 5.59. The summed E-state index contributed by atoms with van der Waals surface area (Å²) in [4.78, 5) is 0. The van der Waals surface area contributed by atoms with Gasteiger partial charge < -0.3 is 0 Å². The van der Waals surface area contributed by atoms with Crippen molar-refractivity contribution in [2.75, 3.05) is 0 Å². The molecule has 0 aliphatic carbocycles. The smallest absolute Gasteiger partial charge is 0.0530 e. The molecule has 2 nitrogen and oxygen atoms in total. The molecule has 1 aromatic heterocycles. The van der Waals surface area contributed by atoms with E-state index in [0.717, 1.165) is 6.54 Å². The number of nitrogens with zero attached hydrogens (tertiary/aromatic N) is 2. The van der Waals surface area contributed by atoms with Gasteiger partial charge in [-0.3, -0.25) is 4.68 Å². The maximum Gasteiger partial charge on any atom is 0.0530 e. The normalized spacial score (nSPS) is 16.6. The third kappa shape index (κ3) is 1.06. The van der Waals surface area contributed by atoms with Gasteiger partial charge in [-0.05, 0) is 23.8 Å². The van der Waals surface area contributed by atoms with Crippen LogP contribution in [0.3, 0.4) is 0 Å². The molecule has 0 aromatic carbocycles. The minimum atomic E-state index is 0.262. The molecular weight excluding hydrogens is 148 g/mol. The predicted molar refractivity (Wildman–Crippen MR) is 49.2 cm³/mol. The Balaban J connectivity index is 2.46. The zero-order chi connectivity index (χ0) is 8.77. The van der Waals surface area contributed by atoms with Gasteiger partial charge in [-0.25, -0.2) is 0 Å². The minimum Gasteiger partial charge on any atom is -0.269 e. The Labute approximate surface area is 73.6 Å². The quantitative estimate of drug-likeness (QED) is 0.574. The molecule has 1 aromatic rings. The molecule has 1 aliphatic rings. The van der Waals surface area contributed by atoms with Crippen LogP contribution in [0.2, 0.25) is 0 Å². The number of aromatic nitrogens is 2. The molecule has 66 valence electrons. The van der Waals surface area contributed by atoms with Crippen LogP contribution in [-0.2, 0) is 18.4 Å². The number of hydrogen-bond donors (Lipinski definition) is 0. The second-order valence-corrected chi connectivity index (χ2v) is 4.58. The summed E-state index contributed by atoms with van der Waals surface area (Å²) in [7, 11) is 0. The fraction of sp³-hybridized carbons (Fsp3) is 0.700. The van der Waals surface area contributed by atoms with Crippen molar-refractivity contribution in [3.05, 3.63) is 17.5 Å². The maximum absolute atomic E-state index is 4.38. The van der Waals surface area contributed by atoms with E-state index in [1.54, 1.807) is 0 Å². The van der Waals surface area contributed by atoms with E-state index in [-0.39, 0.29) is 5.41 Å². The molecule has 12 heavy (non-hydrogen) atoms. The predicted octanol–water partition coefficient (Wildman–Crippen LogP) is 2.13. The highest BCUT2D eigenvalue weighted by atomic mass is 15.3. The van der Waals surface area contributed by atoms with Crippen molar-refractivity contribution in [3.8, 4) is 0 Å². The lowest BCUT2D eigenvalue weighted by atomic mass is 9.87. The van der Waals surface area contributed by atoms with Crippen molar-refractivity contribution in [1.29, 1.82) is 0 Å². The van der Waals surface area contributed by atoms with Crippen molar-refractivity contribution >= 4 is 0 Å². The highest BCUT2D eigenvalue weighted by Gasteiger charge is 2.24. The molecule has 0 radical (unpaired) electrons. The van der Waals surface area contributed by atoms with Crippen LogP contribution in [0.1, 0.15) is 38.4 Å². The molecule has 0 saturated carbocycles. The van der Waals surface area contributed by atoms with E-state index in [1.165, 1.54) is 24.1 Å². The topological polar surface area (TPSA) is 17.8 Å². The Morgan fingerprint density at radius 2 is 2.17 bits per heavy atom. The van der Waals surface area contributed by atoms with Crippen molar-refractivity contribution in [3.63, 3.8) is 0 Å². The average Bonchev–Trinajstić information content (AvgIpc) is 2.37. The van der Waals surface area contributed by atoms with Gasteiger partial charge in [0.2, 0.25) is 0 Å². The molecule has 0 unspecified atom stereocenters. The van der Waals surface area contributed by atoms with Crippen molar-refractivity contribution in [2.45, 2.75) is 45.6 Å². The summed E-state index contributed by atoms with van der Waals surface area (Å²) in [5.41, 5.74) is 3.15. The summed E-state index contributed by atoms with van der Waals surface area (Å²) >= 11 is 0. The standard InChI is InChI=1S/C10H16N2/c1-10(2,3)8-7-11-12-6-4-5-9(8)12/h7H,4-6H2,1-3H3. The highest BCUT2D eigenvalue weighted by Crippen LogP contribution is 2.29. The van der Waals surface area contributed by atoms with E-state index in [4.69, 9.17) is 0 Å². The van der Waals surface area contributed by atoms with E-state index >= 15 is 0 Å². The summed E-state index contributed by atoms with van der Waals surface area (Å²) in [5.74, 6) is 0. The van der Waals surface area contributed by atoms with E-state index < -0.39 is 0 Å². The fourth-order valence-corrected chi connectivity index (χ4v) is 1.89. The molecule has 2 heteroatoms.